The number of hydrogen-bond donors (Lipinski definition) is 0. The molecule has 0 N–H and O–H groups in total. The fraction of sp³-hybridized carbons (Fsp3) is 0.750. The number of unbranched alkanes of at least 4 members (excludes halogenated alkanes) is 2. The Morgan fingerprint density at radius 1 is 1.44 bits per heavy atom. The van der Waals surface area contributed by atoms with Crippen LogP contribution in [0.2, 0.25) is 0 Å². The second-order valence-corrected chi connectivity index (χ2v) is 2.26. The molecule has 0 saturated carbocycles. The van der Waals surface area contributed by atoms with Crippen molar-refractivity contribution in [2.45, 2.75) is 26.2 Å². The average molecular weight is 125 g/mol. The first-order valence-electron chi connectivity index (χ1n) is 3.48. The van der Waals surface area contributed by atoms with E-state index in [1.807, 2.05) is 11.9 Å². The number of rotatable bonds is 4. The van der Waals surface area contributed by atoms with Crippen LogP contribution in [-0.4, -0.2) is 18.5 Å². The molecule has 0 heterocycles. The Kier molecular flexibility index (Phi) is 5.11. The van der Waals surface area contributed by atoms with Gasteiger partial charge >= 0.3 is 0 Å². The number of hydrogen-bond acceptors (Lipinski definition) is 1. The lowest BCUT2D eigenvalue weighted by Gasteiger charge is -2.08. The Hall–Kier alpha value is -0.640. The van der Waals surface area contributed by atoms with Gasteiger partial charge in [0, 0.05) is 19.6 Å². The van der Waals surface area contributed by atoms with Gasteiger partial charge in [0.1, 0.15) is 0 Å². The highest BCUT2D eigenvalue weighted by Gasteiger charge is 1.88. The molecular weight excluding hydrogens is 110 g/mol. The molecule has 0 spiro atoms. The summed E-state index contributed by atoms with van der Waals surface area (Å²) in [5, 5.41) is 0. The van der Waals surface area contributed by atoms with Crippen LogP contribution in [-0.2, 0) is 0 Å². The van der Waals surface area contributed by atoms with E-state index in [2.05, 4.69) is 13.0 Å². The highest BCUT2D eigenvalue weighted by Crippen LogP contribution is 1.94. The molecule has 52 valence electrons. The monoisotopic (exact) mass is 125 g/mol. The lowest BCUT2D eigenvalue weighted by Crippen LogP contribution is -2.11. The minimum atomic E-state index is 1.03. The second kappa shape index (κ2) is 5.50. The molecule has 0 aromatic rings. The summed E-state index contributed by atoms with van der Waals surface area (Å²) < 4.78 is 0. The Morgan fingerprint density at radius 2 is 2.11 bits per heavy atom. The third kappa shape index (κ3) is 5.23. The summed E-state index contributed by atoms with van der Waals surface area (Å²) in [5.41, 5.74) is 0. The van der Waals surface area contributed by atoms with Crippen molar-refractivity contribution in [1.29, 1.82) is 0 Å². The smallest absolute Gasteiger partial charge is 0.0257 e. The quantitative estimate of drug-likeness (QED) is 0.314. The van der Waals surface area contributed by atoms with Crippen molar-refractivity contribution >= 4 is 0 Å². The first kappa shape index (κ1) is 8.36. The van der Waals surface area contributed by atoms with Gasteiger partial charge in [-0.25, -0.2) is 0 Å². The molecule has 0 aliphatic carbocycles. The molecule has 1 heteroatoms. The highest BCUT2D eigenvalue weighted by molar-refractivity contribution is 4.81. The van der Waals surface area contributed by atoms with Crippen LogP contribution in [0.1, 0.15) is 26.2 Å². The minimum Gasteiger partial charge on any atom is -0.336 e. The van der Waals surface area contributed by atoms with Crippen LogP contribution in [0.5, 0.6) is 0 Å². The molecule has 0 radical (unpaired) electrons. The fourth-order valence-corrected chi connectivity index (χ4v) is 0.664. The third-order valence-corrected chi connectivity index (χ3v) is 1.32. The summed E-state index contributed by atoms with van der Waals surface area (Å²) in [7, 11) is 1.94. The normalized spacial score (nSPS) is 8.56. The molecule has 0 aliphatic heterocycles. The molecule has 0 aromatic carbocycles. The van der Waals surface area contributed by atoms with Crippen LogP contribution in [0, 0.1) is 12.5 Å². The van der Waals surface area contributed by atoms with Crippen molar-refractivity contribution in [3.05, 3.63) is 0 Å². The van der Waals surface area contributed by atoms with Gasteiger partial charge in [0.2, 0.25) is 0 Å². The molecule has 0 fully saturated rings. The van der Waals surface area contributed by atoms with E-state index in [1.165, 1.54) is 19.3 Å². The van der Waals surface area contributed by atoms with E-state index in [4.69, 9.17) is 6.42 Å². The van der Waals surface area contributed by atoms with E-state index in [0.717, 1.165) is 6.54 Å². The molecule has 0 aromatic heterocycles. The van der Waals surface area contributed by atoms with Gasteiger partial charge in [0.15, 0.2) is 0 Å². The molecule has 0 aliphatic rings. The fourth-order valence-electron chi connectivity index (χ4n) is 0.664. The van der Waals surface area contributed by atoms with Gasteiger partial charge in [-0.3, -0.25) is 0 Å². The highest BCUT2D eigenvalue weighted by atomic mass is 15.1. The van der Waals surface area contributed by atoms with Crippen molar-refractivity contribution < 1.29 is 0 Å². The average Bonchev–Trinajstić information content (AvgIpc) is 1.89. The summed E-state index contributed by atoms with van der Waals surface area (Å²) in [6.07, 6.45) is 8.90. The van der Waals surface area contributed by atoms with Crippen LogP contribution in [0.3, 0.4) is 0 Å². The predicted octanol–water partition coefficient (Wildman–Crippen LogP) is 1.70. The molecule has 1 nitrogen and oxygen atoms in total. The Morgan fingerprint density at radius 3 is 2.56 bits per heavy atom. The number of nitrogens with zero attached hydrogens (tertiary/aromatic N) is 1. The first-order valence-corrected chi connectivity index (χ1v) is 3.48. The van der Waals surface area contributed by atoms with Crippen LogP contribution >= 0.6 is 0 Å². The van der Waals surface area contributed by atoms with E-state index in [9.17, 15) is 0 Å². The van der Waals surface area contributed by atoms with Gasteiger partial charge in [0.25, 0.3) is 0 Å². The summed E-state index contributed by atoms with van der Waals surface area (Å²) in [4.78, 5) is 1.88. The molecule has 0 atom stereocenters. The van der Waals surface area contributed by atoms with Gasteiger partial charge in [-0.05, 0) is 6.42 Å². The molecule has 9 heavy (non-hydrogen) atoms. The van der Waals surface area contributed by atoms with Crippen LogP contribution in [0.4, 0.5) is 0 Å². The lowest BCUT2D eigenvalue weighted by molar-refractivity contribution is 0.458. The molecule has 0 bridgehead atoms. The standard InChI is InChI=1S/C8H15N/c1-4-6-7-8-9(3)5-2/h2H,4,6-8H2,1,3H3. The zero-order chi connectivity index (χ0) is 7.11. The first-order chi connectivity index (χ1) is 4.31. The molecular formula is C8H15N. The van der Waals surface area contributed by atoms with Crippen LogP contribution < -0.4 is 0 Å². The maximum Gasteiger partial charge on any atom is 0.0257 e. The van der Waals surface area contributed by atoms with Crippen molar-refractivity contribution in [1.82, 2.24) is 4.90 Å². The maximum absolute atomic E-state index is 5.13. The van der Waals surface area contributed by atoms with Crippen LogP contribution in [0.25, 0.3) is 0 Å². The van der Waals surface area contributed by atoms with Crippen molar-refractivity contribution in [3.8, 4) is 12.5 Å². The zero-order valence-corrected chi connectivity index (χ0v) is 6.35. The molecule has 0 unspecified atom stereocenters. The van der Waals surface area contributed by atoms with Gasteiger partial charge in [0.05, 0.1) is 0 Å². The van der Waals surface area contributed by atoms with E-state index in [1.54, 1.807) is 0 Å². The topological polar surface area (TPSA) is 3.24 Å². The predicted molar refractivity (Wildman–Crippen MR) is 41.0 cm³/mol. The van der Waals surface area contributed by atoms with Crippen LogP contribution in [0.15, 0.2) is 0 Å². The Bertz CT molecular complexity index is 91.2. The molecule has 0 rings (SSSR count). The van der Waals surface area contributed by atoms with Crippen molar-refractivity contribution in [2.24, 2.45) is 0 Å². The molecule has 0 amide bonds. The van der Waals surface area contributed by atoms with E-state index in [0.29, 0.717) is 0 Å². The summed E-state index contributed by atoms with van der Waals surface area (Å²) in [6.45, 7) is 3.22. The minimum absolute atomic E-state index is 1.03. The molecule has 0 saturated heterocycles. The third-order valence-electron chi connectivity index (χ3n) is 1.32. The zero-order valence-electron chi connectivity index (χ0n) is 6.35. The number of terminal acetylenes is 1. The van der Waals surface area contributed by atoms with Gasteiger partial charge in [-0.1, -0.05) is 26.2 Å². The second-order valence-electron chi connectivity index (χ2n) is 2.26. The SMILES string of the molecule is C#CN(C)CCCCC. The lowest BCUT2D eigenvalue weighted by atomic mass is 10.2. The summed E-state index contributed by atoms with van der Waals surface area (Å²) in [6, 6.07) is 2.56. The summed E-state index contributed by atoms with van der Waals surface area (Å²) in [5.74, 6) is 0. The van der Waals surface area contributed by atoms with Gasteiger partial charge in [-0.2, -0.15) is 0 Å². The maximum atomic E-state index is 5.13. The Labute approximate surface area is 58.1 Å². The van der Waals surface area contributed by atoms with E-state index < -0.39 is 0 Å². The van der Waals surface area contributed by atoms with Gasteiger partial charge < -0.3 is 4.90 Å². The Balaban J connectivity index is 2.99. The van der Waals surface area contributed by atoms with E-state index in [-0.39, 0.29) is 0 Å². The van der Waals surface area contributed by atoms with Crippen molar-refractivity contribution in [2.75, 3.05) is 13.6 Å². The largest absolute Gasteiger partial charge is 0.336 e. The van der Waals surface area contributed by atoms with E-state index >= 15 is 0 Å². The van der Waals surface area contributed by atoms with Crippen molar-refractivity contribution in [3.63, 3.8) is 0 Å². The van der Waals surface area contributed by atoms with Gasteiger partial charge in [-0.15, -0.1) is 0 Å². The summed E-state index contributed by atoms with van der Waals surface area (Å²) >= 11 is 0.